The van der Waals surface area contributed by atoms with Gasteiger partial charge in [0.1, 0.15) is 12.0 Å². The van der Waals surface area contributed by atoms with Crippen LogP contribution in [0.15, 0.2) is 12.4 Å². The molecule has 0 atom stereocenters. The van der Waals surface area contributed by atoms with E-state index >= 15 is 0 Å². The Kier molecular flexibility index (Phi) is 2.05. The summed E-state index contributed by atoms with van der Waals surface area (Å²) in [6.07, 6.45) is 4.31. The minimum Gasteiger partial charge on any atom is -0.309 e. The van der Waals surface area contributed by atoms with Crippen molar-refractivity contribution < 1.29 is 0 Å². The second-order valence-electron chi connectivity index (χ2n) is 4.28. The molecule has 1 aliphatic rings. The van der Waals surface area contributed by atoms with E-state index < -0.39 is 0 Å². The fourth-order valence-electron chi connectivity index (χ4n) is 2.01. The van der Waals surface area contributed by atoms with Gasteiger partial charge in [-0.25, -0.2) is 0 Å². The van der Waals surface area contributed by atoms with Crippen LogP contribution in [-0.2, 0) is 6.54 Å². The molecule has 0 N–H and O–H groups in total. The van der Waals surface area contributed by atoms with E-state index in [2.05, 4.69) is 32.9 Å². The Morgan fingerprint density at radius 3 is 2.94 bits per heavy atom. The van der Waals surface area contributed by atoms with E-state index in [4.69, 9.17) is 0 Å². The van der Waals surface area contributed by atoms with E-state index in [-0.39, 0.29) is 0 Å². The highest BCUT2D eigenvalue weighted by molar-refractivity contribution is 5.50. The van der Waals surface area contributed by atoms with Gasteiger partial charge in [-0.3, -0.25) is 4.68 Å². The molecule has 0 spiro atoms. The molecule has 2 aromatic heterocycles. The van der Waals surface area contributed by atoms with Gasteiger partial charge in [0.2, 0.25) is 0 Å². The third kappa shape index (κ3) is 1.43. The molecule has 3 rings (SSSR count). The first-order chi connectivity index (χ1) is 7.79. The molecule has 0 amide bonds. The highest BCUT2D eigenvalue weighted by Crippen LogP contribution is 2.37. The molecule has 1 fully saturated rings. The van der Waals surface area contributed by atoms with Crippen LogP contribution in [-0.4, -0.2) is 24.5 Å². The second-order valence-corrected chi connectivity index (χ2v) is 4.28. The van der Waals surface area contributed by atoms with E-state index in [1.165, 1.54) is 12.8 Å². The van der Waals surface area contributed by atoms with Gasteiger partial charge in [0.15, 0.2) is 5.82 Å². The summed E-state index contributed by atoms with van der Waals surface area (Å²) in [6, 6.07) is 2.68. The maximum absolute atomic E-state index is 4.44. The third-order valence-electron chi connectivity index (χ3n) is 2.94. The molecule has 0 aliphatic heterocycles. The minimum absolute atomic E-state index is 0.602. The van der Waals surface area contributed by atoms with E-state index in [1.54, 1.807) is 0 Å². The normalized spacial score (nSPS) is 15.6. The molecule has 84 valence electrons. The predicted molar refractivity (Wildman–Crippen MR) is 59.9 cm³/mol. The summed E-state index contributed by atoms with van der Waals surface area (Å²) in [7, 11) is 0. The van der Waals surface area contributed by atoms with Crippen molar-refractivity contribution >= 4 is 0 Å². The predicted octanol–water partition coefficient (Wildman–Crippen LogP) is 1.80. The van der Waals surface area contributed by atoms with E-state index in [9.17, 15) is 0 Å². The first kappa shape index (κ1) is 9.57. The highest BCUT2D eigenvalue weighted by Gasteiger charge is 2.27. The molecule has 0 saturated heterocycles. The van der Waals surface area contributed by atoms with Crippen LogP contribution in [0.5, 0.6) is 0 Å². The van der Waals surface area contributed by atoms with Crippen molar-refractivity contribution in [2.45, 2.75) is 39.3 Å². The van der Waals surface area contributed by atoms with Crippen molar-refractivity contribution in [3.8, 4) is 11.5 Å². The summed E-state index contributed by atoms with van der Waals surface area (Å²) >= 11 is 0. The van der Waals surface area contributed by atoms with Crippen molar-refractivity contribution in [3.05, 3.63) is 18.1 Å². The average molecular weight is 217 g/mol. The Labute approximate surface area is 94.1 Å². The molecule has 2 aromatic rings. The summed E-state index contributed by atoms with van der Waals surface area (Å²) < 4.78 is 4.15. The van der Waals surface area contributed by atoms with Crippen LogP contribution in [0.2, 0.25) is 0 Å². The smallest absolute Gasteiger partial charge is 0.182 e. The Bertz CT molecular complexity index is 506. The molecule has 0 bridgehead atoms. The molecule has 0 radical (unpaired) electrons. The van der Waals surface area contributed by atoms with Crippen LogP contribution >= 0.6 is 0 Å². The lowest BCUT2D eigenvalue weighted by Gasteiger charge is -2.05. The van der Waals surface area contributed by atoms with E-state index in [0.717, 1.165) is 23.8 Å². The molecule has 5 heteroatoms. The summed E-state index contributed by atoms with van der Waals surface area (Å²) in [5, 5.41) is 12.7. The van der Waals surface area contributed by atoms with Gasteiger partial charge in [0.05, 0.1) is 5.69 Å². The number of hydrogen-bond donors (Lipinski definition) is 0. The van der Waals surface area contributed by atoms with Crippen molar-refractivity contribution in [1.82, 2.24) is 24.5 Å². The van der Waals surface area contributed by atoms with Crippen molar-refractivity contribution in [3.63, 3.8) is 0 Å². The number of hydrogen-bond acceptors (Lipinski definition) is 3. The summed E-state index contributed by atoms with van der Waals surface area (Å²) in [5.74, 6) is 0.949. The van der Waals surface area contributed by atoms with E-state index in [0.29, 0.717) is 6.04 Å². The Hall–Kier alpha value is -1.65. The first-order valence-electron chi connectivity index (χ1n) is 5.74. The molecule has 0 unspecified atom stereocenters. The largest absolute Gasteiger partial charge is 0.309 e. The zero-order chi connectivity index (χ0) is 11.1. The monoisotopic (exact) mass is 217 g/mol. The van der Waals surface area contributed by atoms with Crippen LogP contribution in [0.4, 0.5) is 0 Å². The SMILES string of the molecule is CCn1nc(C)cc1-c1nncn1C1CC1. The van der Waals surface area contributed by atoms with E-state index in [1.807, 2.05) is 17.9 Å². The topological polar surface area (TPSA) is 48.5 Å². The van der Waals surface area contributed by atoms with Gasteiger partial charge < -0.3 is 4.57 Å². The number of nitrogens with zero attached hydrogens (tertiary/aromatic N) is 5. The summed E-state index contributed by atoms with van der Waals surface area (Å²) in [5.41, 5.74) is 2.10. The van der Waals surface area contributed by atoms with Crippen molar-refractivity contribution in [2.24, 2.45) is 0 Å². The van der Waals surface area contributed by atoms with Gasteiger partial charge in [-0.15, -0.1) is 10.2 Å². The molecule has 2 heterocycles. The van der Waals surface area contributed by atoms with Crippen molar-refractivity contribution in [1.29, 1.82) is 0 Å². The van der Waals surface area contributed by atoms with Gasteiger partial charge in [0, 0.05) is 12.6 Å². The maximum Gasteiger partial charge on any atom is 0.182 e. The summed E-state index contributed by atoms with van der Waals surface area (Å²) in [6.45, 7) is 4.96. The molecule has 1 saturated carbocycles. The lowest BCUT2D eigenvalue weighted by atomic mass is 10.3. The standard InChI is InChI=1S/C11H15N5/c1-3-16-10(6-8(2)14-16)11-13-12-7-15(11)9-4-5-9/h6-7,9H,3-5H2,1-2H3. The van der Waals surface area contributed by atoms with Gasteiger partial charge in [0.25, 0.3) is 0 Å². The molecule has 5 nitrogen and oxygen atoms in total. The molecule has 16 heavy (non-hydrogen) atoms. The van der Waals surface area contributed by atoms with Crippen LogP contribution in [0.25, 0.3) is 11.5 Å². The van der Waals surface area contributed by atoms with Crippen LogP contribution < -0.4 is 0 Å². The fraction of sp³-hybridized carbons (Fsp3) is 0.545. The van der Waals surface area contributed by atoms with Gasteiger partial charge in [-0.2, -0.15) is 5.10 Å². The van der Waals surface area contributed by atoms with Gasteiger partial charge in [-0.05, 0) is 32.8 Å². The van der Waals surface area contributed by atoms with Crippen LogP contribution in [0.1, 0.15) is 31.5 Å². The second kappa shape index (κ2) is 3.43. The Morgan fingerprint density at radius 2 is 2.25 bits per heavy atom. The number of rotatable bonds is 3. The first-order valence-corrected chi connectivity index (χ1v) is 5.74. The zero-order valence-corrected chi connectivity index (χ0v) is 9.59. The van der Waals surface area contributed by atoms with Gasteiger partial charge >= 0.3 is 0 Å². The van der Waals surface area contributed by atoms with Crippen LogP contribution in [0, 0.1) is 6.92 Å². The number of aryl methyl sites for hydroxylation is 2. The Balaban J connectivity index is 2.09. The van der Waals surface area contributed by atoms with Crippen molar-refractivity contribution in [2.75, 3.05) is 0 Å². The lowest BCUT2D eigenvalue weighted by molar-refractivity contribution is 0.648. The molecular formula is C11H15N5. The summed E-state index contributed by atoms with van der Waals surface area (Å²) in [4.78, 5) is 0. The molecule has 1 aliphatic carbocycles. The lowest BCUT2D eigenvalue weighted by Crippen LogP contribution is -2.04. The number of aromatic nitrogens is 5. The third-order valence-corrected chi connectivity index (χ3v) is 2.94. The zero-order valence-electron chi connectivity index (χ0n) is 9.59. The quantitative estimate of drug-likeness (QED) is 0.787. The highest BCUT2D eigenvalue weighted by atomic mass is 15.3. The fourth-order valence-corrected chi connectivity index (χ4v) is 2.01. The molecular weight excluding hydrogens is 202 g/mol. The molecule has 0 aromatic carbocycles. The Morgan fingerprint density at radius 1 is 1.44 bits per heavy atom. The maximum atomic E-state index is 4.44. The average Bonchev–Trinajstić information content (AvgIpc) is 2.89. The van der Waals surface area contributed by atoms with Gasteiger partial charge in [-0.1, -0.05) is 0 Å². The van der Waals surface area contributed by atoms with Crippen LogP contribution in [0.3, 0.4) is 0 Å². The minimum atomic E-state index is 0.602.